The summed E-state index contributed by atoms with van der Waals surface area (Å²) in [4.78, 5) is 2.70. The first-order valence-electron chi connectivity index (χ1n) is 6.35. The quantitative estimate of drug-likeness (QED) is 0.691. The van der Waals surface area contributed by atoms with Crippen LogP contribution < -0.4 is 5.32 Å². The highest BCUT2D eigenvalue weighted by molar-refractivity contribution is 4.91. The van der Waals surface area contributed by atoms with Gasteiger partial charge in [-0.15, -0.1) is 0 Å². The second-order valence-corrected chi connectivity index (χ2v) is 4.86. The molecule has 3 heteroatoms. The van der Waals surface area contributed by atoms with E-state index >= 15 is 0 Å². The van der Waals surface area contributed by atoms with E-state index < -0.39 is 0 Å². The summed E-state index contributed by atoms with van der Waals surface area (Å²) < 4.78 is 5.09. The summed E-state index contributed by atoms with van der Waals surface area (Å²) >= 11 is 0. The third-order valence-electron chi connectivity index (χ3n) is 3.84. The lowest BCUT2D eigenvalue weighted by molar-refractivity contribution is 0.117. The molecule has 15 heavy (non-hydrogen) atoms. The Balaban J connectivity index is 1.71. The van der Waals surface area contributed by atoms with Crippen molar-refractivity contribution in [3.63, 3.8) is 0 Å². The molecule has 0 amide bonds. The molecule has 2 aliphatic heterocycles. The van der Waals surface area contributed by atoms with Crippen LogP contribution in [0.3, 0.4) is 0 Å². The van der Waals surface area contributed by atoms with Crippen molar-refractivity contribution in [2.24, 2.45) is 5.92 Å². The van der Waals surface area contributed by atoms with E-state index in [1.54, 1.807) is 7.11 Å². The maximum atomic E-state index is 5.09. The molecule has 0 aromatic rings. The normalized spacial score (nSPS) is 31.8. The van der Waals surface area contributed by atoms with Crippen LogP contribution in [-0.2, 0) is 4.74 Å². The Labute approximate surface area is 93.2 Å². The van der Waals surface area contributed by atoms with Crippen molar-refractivity contribution in [2.75, 3.05) is 39.9 Å². The molecular weight excluding hydrogens is 188 g/mol. The molecule has 2 fully saturated rings. The minimum absolute atomic E-state index is 0.835. The van der Waals surface area contributed by atoms with Crippen LogP contribution in [0.2, 0.25) is 0 Å². The number of piperidine rings is 1. The summed E-state index contributed by atoms with van der Waals surface area (Å²) in [6, 6.07) is 0.835. The molecule has 2 heterocycles. The average molecular weight is 212 g/mol. The largest absolute Gasteiger partial charge is 0.385 e. The van der Waals surface area contributed by atoms with Gasteiger partial charge in [0.25, 0.3) is 0 Å². The molecule has 0 spiro atoms. The van der Waals surface area contributed by atoms with Gasteiger partial charge in [0.1, 0.15) is 0 Å². The molecule has 2 atom stereocenters. The number of rotatable bonds is 5. The van der Waals surface area contributed by atoms with Gasteiger partial charge in [0.2, 0.25) is 0 Å². The SMILES string of the molecule is COCCCCN1CCCC2CNCC21. The molecule has 0 aromatic heterocycles. The molecule has 0 saturated carbocycles. The molecular formula is C12H24N2O. The number of methoxy groups -OCH3 is 1. The molecule has 2 aliphatic rings. The van der Waals surface area contributed by atoms with Crippen LogP contribution in [0.25, 0.3) is 0 Å². The zero-order valence-corrected chi connectivity index (χ0v) is 9.87. The average Bonchev–Trinajstić information content (AvgIpc) is 2.73. The van der Waals surface area contributed by atoms with E-state index in [9.17, 15) is 0 Å². The van der Waals surface area contributed by atoms with Crippen molar-refractivity contribution < 1.29 is 4.74 Å². The minimum Gasteiger partial charge on any atom is -0.385 e. The zero-order chi connectivity index (χ0) is 10.5. The van der Waals surface area contributed by atoms with E-state index in [0.717, 1.165) is 18.6 Å². The summed E-state index contributed by atoms with van der Waals surface area (Å²) in [6.45, 7) is 5.97. The van der Waals surface area contributed by atoms with Gasteiger partial charge in [0, 0.05) is 26.3 Å². The predicted octanol–water partition coefficient (Wildman–Crippen LogP) is 1.10. The number of ether oxygens (including phenoxy) is 1. The highest BCUT2D eigenvalue weighted by atomic mass is 16.5. The Bertz CT molecular complexity index is 186. The van der Waals surface area contributed by atoms with E-state index in [2.05, 4.69) is 10.2 Å². The second kappa shape index (κ2) is 5.83. The first-order valence-corrected chi connectivity index (χ1v) is 6.35. The summed E-state index contributed by atoms with van der Waals surface area (Å²) in [5.41, 5.74) is 0. The van der Waals surface area contributed by atoms with Crippen LogP contribution in [0.4, 0.5) is 0 Å². The molecule has 2 unspecified atom stereocenters. The van der Waals surface area contributed by atoms with E-state index in [-0.39, 0.29) is 0 Å². The third kappa shape index (κ3) is 2.92. The lowest BCUT2D eigenvalue weighted by Gasteiger charge is -2.37. The fraction of sp³-hybridized carbons (Fsp3) is 1.00. The van der Waals surface area contributed by atoms with Gasteiger partial charge < -0.3 is 10.1 Å². The van der Waals surface area contributed by atoms with Gasteiger partial charge >= 0.3 is 0 Å². The van der Waals surface area contributed by atoms with Crippen molar-refractivity contribution in [3.05, 3.63) is 0 Å². The molecule has 1 N–H and O–H groups in total. The van der Waals surface area contributed by atoms with Gasteiger partial charge in [0.05, 0.1) is 0 Å². The van der Waals surface area contributed by atoms with Gasteiger partial charge in [-0.25, -0.2) is 0 Å². The number of nitrogens with zero attached hydrogens (tertiary/aromatic N) is 1. The fourth-order valence-electron chi connectivity index (χ4n) is 3.00. The standard InChI is InChI=1S/C12H24N2O/c1-15-8-3-2-6-14-7-4-5-11-9-13-10-12(11)14/h11-13H,2-10H2,1H3. The van der Waals surface area contributed by atoms with Crippen LogP contribution in [0, 0.1) is 5.92 Å². The molecule has 0 radical (unpaired) electrons. The van der Waals surface area contributed by atoms with Gasteiger partial charge in [-0.3, -0.25) is 4.90 Å². The van der Waals surface area contributed by atoms with E-state index in [1.807, 2.05) is 0 Å². The number of hydrogen-bond donors (Lipinski definition) is 1. The van der Waals surface area contributed by atoms with Crippen molar-refractivity contribution in [2.45, 2.75) is 31.7 Å². The highest BCUT2D eigenvalue weighted by Gasteiger charge is 2.34. The summed E-state index contributed by atoms with van der Waals surface area (Å²) in [5.74, 6) is 0.932. The number of nitrogens with one attached hydrogen (secondary N) is 1. The summed E-state index contributed by atoms with van der Waals surface area (Å²) in [7, 11) is 1.79. The van der Waals surface area contributed by atoms with Gasteiger partial charge in [0.15, 0.2) is 0 Å². The van der Waals surface area contributed by atoms with Crippen LogP contribution in [0.5, 0.6) is 0 Å². The number of likely N-dealkylation sites (tertiary alicyclic amines) is 1. The van der Waals surface area contributed by atoms with Gasteiger partial charge in [-0.1, -0.05) is 0 Å². The molecule has 2 saturated heterocycles. The Morgan fingerprint density at radius 1 is 1.33 bits per heavy atom. The lowest BCUT2D eigenvalue weighted by atomic mass is 9.92. The maximum absolute atomic E-state index is 5.09. The highest BCUT2D eigenvalue weighted by Crippen LogP contribution is 2.26. The molecule has 88 valence electrons. The number of fused-ring (bicyclic) bond motifs is 1. The van der Waals surface area contributed by atoms with E-state index in [4.69, 9.17) is 4.74 Å². The lowest BCUT2D eigenvalue weighted by Crippen LogP contribution is -2.45. The van der Waals surface area contributed by atoms with Crippen LogP contribution in [0.15, 0.2) is 0 Å². The van der Waals surface area contributed by atoms with Crippen LogP contribution in [-0.4, -0.2) is 50.8 Å². The molecule has 0 aromatic carbocycles. The fourth-order valence-corrected chi connectivity index (χ4v) is 3.00. The Kier molecular flexibility index (Phi) is 4.42. The zero-order valence-electron chi connectivity index (χ0n) is 9.87. The topological polar surface area (TPSA) is 24.5 Å². The summed E-state index contributed by atoms with van der Waals surface area (Å²) in [6.07, 6.45) is 5.33. The smallest absolute Gasteiger partial charge is 0.0462 e. The van der Waals surface area contributed by atoms with Crippen molar-refractivity contribution in [3.8, 4) is 0 Å². The predicted molar refractivity (Wildman–Crippen MR) is 62.1 cm³/mol. The first kappa shape index (κ1) is 11.4. The van der Waals surface area contributed by atoms with Crippen LogP contribution >= 0.6 is 0 Å². The number of unbranched alkanes of at least 4 members (excludes halogenated alkanes) is 1. The van der Waals surface area contributed by atoms with E-state index in [0.29, 0.717) is 0 Å². The minimum atomic E-state index is 0.835. The molecule has 0 bridgehead atoms. The Morgan fingerprint density at radius 3 is 3.13 bits per heavy atom. The van der Waals surface area contributed by atoms with Crippen molar-refractivity contribution >= 4 is 0 Å². The van der Waals surface area contributed by atoms with E-state index in [1.165, 1.54) is 51.9 Å². The first-order chi connectivity index (χ1) is 7.42. The number of hydrogen-bond acceptors (Lipinski definition) is 3. The third-order valence-corrected chi connectivity index (χ3v) is 3.84. The summed E-state index contributed by atoms with van der Waals surface area (Å²) in [5, 5.41) is 3.53. The van der Waals surface area contributed by atoms with Crippen molar-refractivity contribution in [1.29, 1.82) is 0 Å². The molecule has 0 aliphatic carbocycles. The maximum Gasteiger partial charge on any atom is 0.0462 e. The molecule has 2 rings (SSSR count). The van der Waals surface area contributed by atoms with Gasteiger partial charge in [-0.05, 0) is 51.2 Å². The monoisotopic (exact) mass is 212 g/mol. The Morgan fingerprint density at radius 2 is 2.27 bits per heavy atom. The van der Waals surface area contributed by atoms with Gasteiger partial charge in [-0.2, -0.15) is 0 Å². The second-order valence-electron chi connectivity index (χ2n) is 4.86. The van der Waals surface area contributed by atoms with Crippen LogP contribution in [0.1, 0.15) is 25.7 Å². The van der Waals surface area contributed by atoms with Crippen molar-refractivity contribution in [1.82, 2.24) is 10.2 Å². The molecule has 3 nitrogen and oxygen atoms in total. The Hall–Kier alpha value is -0.120.